The molecule has 14 heavy (non-hydrogen) atoms. The van der Waals surface area contributed by atoms with Crippen molar-refractivity contribution in [1.29, 1.82) is 5.26 Å². The Balaban J connectivity index is 2.87. The molecule has 0 saturated carbocycles. The van der Waals surface area contributed by atoms with Crippen molar-refractivity contribution in [2.75, 3.05) is 5.32 Å². The van der Waals surface area contributed by atoms with Crippen molar-refractivity contribution in [3.8, 4) is 6.07 Å². The molecule has 0 saturated heterocycles. The first-order valence-corrected chi connectivity index (χ1v) is 4.60. The van der Waals surface area contributed by atoms with Crippen molar-refractivity contribution in [1.82, 2.24) is 0 Å². The highest BCUT2D eigenvalue weighted by molar-refractivity contribution is 5.52. The molecule has 2 nitrogen and oxygen atoms in total. The van der Waals surface area contributed by atoms with Gasteiger partial charge in [0, 0.05) is 11.3 Å². The summed E-state index contributed by atoms with van der Waals surface area (Å²) in [6, 6.07) is 6.68. The predicted octanol–water partition coefficient (Wildman–Crippen LogP) is 2.85. The minimum Gasteiger partial charge on any atom is -0.370 e. The van der Waals surface area contributed by atoms with Crippen molar-refractivity contribution in [2.45, 2.75) is 26.3 Å². The van der Waals surface area contributed by atoms with Crippen LogP contribution in [0.15, 0.2) is 18.2 Å². The van der Waals surface area contributed by atoms with Crippen molar-refractivity contribution in [2.24, 2.45) is 0 Å². The van der Waals surface area contributed by atoms with E-state index in [0.717, 1.165) is 0 Å². The third-order valence-electron chi connectivity index (χ3n) is 2.16. The summed E-state index contributed by atoms with van der Waals surface area (Å²) in [6.07, 6.45) is 0.701. The zero-order valence-corrected chi connectivity index (χ0v) is 8.34. The van der Waals surface area contributed by atoms with Crippen LogP contribution in [0.5, 0.6) is 0 Å². The van der Waals surface area contributed by atoms with Crippen LogP contribution in [0.2, 0.25) is 0 Å². The van der Waals surface area contributed by atoms with Gasteiger partial charge in [-0.1, -0.05) is 13.0 Å². The van der Waals surface area contributed by atoms with Crippen molar-refractivity contribution in [3.63, 3.8) is 0 Å². The Labute approximate surface area is 83.4 Å². The summed E-state index contributed by atoms with van der Waals surface area (Å²) in [7, 11) is 0. The summed E-state index contributed by atoms with van der Waals surface area (Å²) < 4.78 is 13.1. The van der Waals surface area contributed by atoms with Gasteiger partial charge in [0.15, 0.2) is 0 Å². The van der Waals surface area contributed by atoms with Crippen LogP contribution in [0.25, 0.3) is 0 Å². The molecule has 0 aliphatic heterocycles. The molecule has 1 atom stereocenters. The molecule has 3 heteroatoms. The number of anilines is 1. The maximum atomic E-state index is 13.1. The third-order valence-corrected chi connectivity index (χ3v) is 2.16. The fourth-order valence-corrected chi connectivity index (χ4v) is 1.18. The molecular weight excluding hydrogens is 179 g/mol. The lowest BCUT2D eigenvalue weighted by Crippen LogP contribution is -2.16. The molecular formula is C11H13FN2. The Morgan fingerprint density at radius 3 is 2.86 bits per heavy atom. The number of nitrogens with one attached hydrogen (secondary N) is 1. The standard InChI is InChI=1S/C11H13FN2/c1-3-9(7-13)14-11-6-4-5-10(12)8(11)2/h4-6,9,14H,3H2,1-2H3. The predicted molar refractivity (Wildman–Crippen MR) is 54.5 cm³/mol. The number of nitrogens with zero attached hydrogens (tertiary/aromatic N) is 1. The quantitative estimate of drug-likeness (QED) is 0.799. The minimum absolute atomic E-state index is 0.247. The number of nitriles is 1. The van der Waals surface area contributed by atoms with Gasteiger partial charge in [0.2, 0.25) is 0 Å². The van der Waals surface area contributed by atoms with E-state index in [-0.39, 0.29) is 11.9 Å². The molecule has 0 aliphatic carbocycles. The number of halogens is 1. The molecule has 1 unspecified atom stereocenters. The zero-order chi connectivity index (χ0) is 10.6. The largest absolute Gasteiger partial charge is 0.370 e. The van der Waals surface area contributed by atoms with Gasteiger partial charge in [0.1, 0.15) is 11.9 Å². The van der Waals surface area contributed by atoms with Crippen molar-refractivity contribution in [3.05, 3.63) is 29.6 Å². The normalized spacial score (nSPS) is 11.9. The second-order valence-corrected chi connectivity index (χ2v) is 3.15. The maximum absolute atomic E-state index is 13.1. The second kappa shape index (κ2) is 4.61. The van der Waals surface area contributed by atoms with Crippen LogP contribution in [0.1, 0.15) is 18.9 Å². The third kappa shape index (κ3) is 2.23. The monoisotopic (exact) mass is 192 g/mol. The van der Waals surface area contributed by atoms with E-state index in [0.29, 0.717) is 17.7 Å². The molecule has 0 radical (unpaired) electrons. The van der Waals surface area contributed by atoms with Crippen LogP contribution in [-0.4, -0.2) is 6.04 Å². The maximum Gasteiger partial charge on any atom is 0.128 e. The molecule has 0 fully saturated rings. The lowest BCUT2D eigenvalue weighted by Gasteiger charge is -2.13. The van der Waals surface area contributed by atoms with Crippen LogP contribution in [0.4, 0.5) is 10.1 Å². The molecule has 0 bridgehead atoms. The average molecular weight is 192 g/mol. The van der Waals surface area contributed by atoms with Gasteiger partial charge >= 0.3 is 0 Å². The van der Waals surface area contributed by atoms with Crippen LogP contribution < -0.4 is 5.32 Å². The summed E-state index contributed by atoms with van der Waals surface area (Å²) in [6.45, 7) is 3.61. The molecule has 0 amide bonds. The van der Waals surface area contributed by atoms with Gasteiger partial charge in [-0.05, 0) is 25.5 Å². The van der Waals surface area contributed by atoms with E-state index in [1.807, 2.05) is 6.92 Å². The minimum atomic E-state index is -0.254. The van der Waals surface area contributed by atoms with Gasteiger partial charge < -0.3 is 5.32 Å². The SMILES string of the molecule is CCC(C#N)Nc1cccc(F)c1C. The first-order chi connectivity index (χ1) is 6.69. The van der Waals surface area contributed by atoms with E-state index in [2.05, 4.69) is 11.4 Å². The highest BCUT2D eigenvalue weighted by Crippen LogP contribution is 2.18. The lowest BCUT2D eigenvalue weighted by molar-refractivity contribution is 0.618. The highest BCUT2D eigenvalue weighted by Gasteiger charge is 2.07. The number of rotatable bonds is 3. The first-order valence-electron chi connectivity index (χ1n) is 4.60. The van der Waals surface area contributed by atoms with Crippen LogP contribution in [0, 0.1) is 24.1 Å². The molecule has 0 aliphatic rings. The molecule has 0 aromatic heterocycles. The number of benzene rings is 1. The molecule has 0 heterocycles. The zero-order valence-electron chi connectivity index (χ0n) is 8.34. The average Bonchev–Trinajstić information content (AvgIpc) is 2.20. The van der Waals surface area contributed by atoms with Gasteiger partial charge in [-0.2, -0.15) is 5.26 Å². The van der Waals surface area contributed by atoms with Crippen LogP contribution in [0.3, 0.4) is 0 Å². The van der Waals surface area contributed by atoms with Crippen molar-refractivity contribution >= 4 is 5.69 Å². The highest BCUT2D eigenvalue weighted by atomic mass is 19.1. The summed E-state index contributed by atoms with van der Waals surface area (Å²) in [5.41, 5.74) is 1.25. The topological polar surface area (TPSA) is 35.8 Å². The fourth-order valence-electron chi connectivity index (χ4n) is 1.18. The van der Waals surface area contributed by atoms with Crippen molar-refractivity contribution < 1.29 is 4.39 Å². The van der Waals surface area contributed by atoms with Gasteiger partial charge in [0.25, 0.3) is 0 Å². The molecule has 1 aromatic carbocycles. The molecule has 1 rings (SSSR count). The van der Waals surface area contributed by atoms with E-state index in [9.17, 15) is 4.39 Å². The first kappa shape index (κ1) is 10.5. The Morgan fingerprint density at radius 2 is 2.29 bits per heavy atom. The van der Waals surface area contributed by atoms with Crippen LogP contribution >= 0.6 is 0 Å². The summed E-state index contributed by atoms with van der Waals surface area (Å²) in [4.78, 5) is 0. The Kier molecular flexibility index (Phi) is 3.47. The fraction of sp³-hybridized carbons (Fsp3) is 0.364. The van der Waals surface area contributed by atoms with Gasteiger partial charge in [-0.3, -0.25) is 0 Å². The van der Waals surface area contributed by atoms with Gasteiger partial charge in [-0.15, -0.1) is 0 Å². The molecule has 1 aromatic rings. The second-order valence-electron chi connectivity index (χ2n) is 3.15. The molecule has 1 N–H and O–H groups in total. The summed E-state index contributed by atoms with van der Waals surface area (Å²) in [5.74, 6) is -0.247. The van der Waals surface area contributed by atoms with E-state index >= 15 is 0 Å². The van der Waals surface area contributed by atoms with Crippen LogP contribution in [-0.2, 0) is 0 Å². The van der Waals surface area contributed by atoms with E-state index in [1.165, 1.54) is 6.07 Å². The van der Waals surface area contributed by atoms with Gasteiger partial charge in [-0.25, -0.2) is 4.39 Å². The van der Waals surface area contributed by atoms with E-state index < -0.39 is 0 Å². The summed E-state index contributed by atoms with van der Waals surface area (Å²) >= 11 is 0. The van der Waals surface area contributed by atoms with E-state index in [1.54, 1.807) is 19.1 Å². The smallest absolute Gasteiger partial charge is 0.128 e. The summed E-state index contributed by atoms with van der Waals surface area (Å²) in [5, 5.41) is 11.7. The molecule has 74 valence electrons. The van der Waals surface area contributed by atoms with Gasteiger partial charge in [0.05, 0.1) is 6.07 Å². The van der Waals surface area contributed by atoms with E-state index in [4.69, 9.17) is 5.26 Å². The lowest BCUT2D eigenvalue weighted by atomic mass is 10.1. The Hall–Kier alpha value is -1.56. The number of hydrogen-bond acceptors (Lipinski definition) is 2. The Morgan fingerprint density at radius 1 is 1.57 bits per heavy atom. The number of hydrogen-bond donors (Lipinski definition) is 1. The Bertz CT molecular complexity index is 355. The molecule has 0 spiro atoms.